The Hall–Kier alpha value is -1.94. The number of methoxy groups -OCH3 is 1. The topological polar surface area (TPSA) is 58.6 Å². The second kappa shape index (κ2) is 8.83. The number of rotatable bonds is 6. The van der Waals surface area contributed by atoms with Crippen LogP contribution in [0.5, 0.6) is 0 Å². The monoisotopic (exact) mass is 428 g/mol. The summed E-state index contributed by atoms with van der Waals surface area (Å²) in [5.74, 6) is 0. The lowest BCUT2D eigenvalue weighted by Crippen LogP contribution is -2.47. The smallest absolute Gasteiger partial charge is 0.368 e. The zero-order chi connectivity index (χ0) is 21.1. The summed E-state index contributed by atoms with van der Waals surface area (Å²) in [4.78, 5) is -0.750. The zero-order valence-corrected chi connectivity index (χ0v) is 16.8. The van der Waals surface area contributed by atoms with Crippen LogP contribution in [0.3, 0.4) is 0 Å². The number of alkyl halides is 3. The average molecular weight is 428 g/mol. The van der Waals surface area contributed by atoms with Crippen molar-refractivity contribution in [1.82, 2.24) is 9.62 Å². The summed E-state index contributed by atoms with van der Waals surface area (Å²) in [6.45, 7) is 0.893. The van der Waals surface area contributed by atoms with Gasteiger partial charge in [-0.3, -0.25) is 0 Å². The van der Waals surface area contributed by atoms with Crippen molar-refractivity contribution in [2.45, 2.75) is 30.0 Å². The van der Waals surface area contributed by atoms with E-state index in [1.54, 1.807) is 30.3 Å². The van der Waals surface area contributed by atoms with Gasteiger partial charge in [-0.25, -0.2) is 8.42 Å². The standard InChI is InChI=1S/C20H23F3N2O3S/c1-28-14-25(17-9-11-24-12-10-17)29(26,27)19-8-7-16(13-18(19)20(21,22)23)15-5-3-2-4-6-15/h2-8,13,17,24H,9-12,14H2,1H3. The SMILES string of the molecule is COCN(C1CCNCC1)S(=O)(=O)c1ccc(-c2ccccc2)cc1C(F)(F)F. The van der Waals surface area contributed by atoms with Gasteiger partial charge in [0.2, 0.25) is 10.0 Å². The highest BCUT2D eigenvalue weighted by Gasteiger charge is 2.41. The van der Waals surface area contributed by atoms with Crippen molar-refractivity contribution in [3.05, 3.63) is 54.1 Å². The summed E-state index contributed by atoms with van der Waals surface area (Å²) >= 11 is 0. The minimum atomic E-state index is -4.82. The first-order chi connectivity index (χ1) is 13.7. The molecule has 158 valence electrons. The van der Waals surface area contributed by atoms with E-state index in [0.717, 1.165) is 16.4 Å². The summed E-state index contributed by atoms with van der Waals surface area (Å²) in [6, 6.07) is 11.5. The third kappa shape index (κ3) is 4.80. The fourth-order valence-corrected chi connectivity index (χ4v) is 5.30. The van der Waals surface area contributed by atoms with Crippen molar-refractivity contribution < 1.29 is 26.3 Å². The number of ether oxygens (including phenoxy) is 1. The van der Waals surface area contributed by atoms with Crippen molar-refractivity contribution in [3.8, 4) is 11.1 Å². The van der Waals surface area contributed by atoms with Gasteiger partial charge in [-0.1, -0.05) is 36.4 Å². The lowest BCUT2D eigenvalue weighted by Gasteiger charge is -2.33. The molecule has 0 amide bonds. The molecule has 0 unspecified atom stereocenters. The second-order valence-electron chi connectivity index (χ2n) is 6.87. The number of hydrogen-bond acceptors (Lipinski definition) is 4. The number of benzene rings is 2. The van der Waals surface area contributed by atoms with Crippen molar-refractivity contribution in [1.29, 1.82) is 0 Å². The lowest BCUT2D eigenvalue weighted by atomic mass is 10.0. The van der Waals surface area contributed by atoms with Gasteiger partial charge in [0.15, 0.2) is 0 Å². The summed E-state index contributed by atoms with van der Waals surface area (Å²) in [5, 5.41) is 3.12. The number of nitrogens with one attached hydrogen (secondary N) is 1. The molecule has 0 saturated carbocycles. The molecule has 2 aromatic rings. The van der Waals surface area contributed by atoms with Crippen LogP contribution in [0.2, 0.25) is 0 Å². The third-order valence-corrected chi connectivity index (χ3v) is 6.88. The van der Waals surface area contributed by atoms with Gasteiger partial charge in [-0.2, -0.15) is 17.5 Å². The molecule has 0 atom stereocenters. The first-order valence-electron chi connectivity index (χ1n) is 9.23. The maximum absolute atomic E-state index is 13.8. The molecule has 0 aromatic heterocycles. The highest BCUT2D eigenvalue weighted by Crippen LogP contribution is 2.38. The minimum absolute atomic E-state index is 0.301. The van der Waals surface area contributed by atoms with Gasteiger partial charge in [0, 0.05) is 13.2 Å². The second-order valence-corrected chi connectivity index (χ2v) is 8.72. The first-order valence-corrected chi connectivity index (χ1v) is 10.7. The van der Waals surface area contributed by atoms with E-state index in [4.69, 9.17) is 4.74 Å². The molecule has 0 spiro atoms. The van der Waals surface area contributed by atoms with Crippen LogP contribution in [0.1, 0.15) is 18.4 Å². The van der Waals surface area contributed by atoms with Gasteiger partial charge in [0.05, 0.1) is 10.5 Å². The fourth-order valence-electron chi connectivity index (χ4n) is 3.51. The highest BCUT2D eigenvalue weighted by molar-refractivity contribution is 7.89. The highest BCUT2D eigenvalue weighted by atomic mass is 32.2. The lowest BCUT2D eigenvalue weighted by molar-refractivity contribution is -0.139. The van der Waals surface area contributed by atoms with Gasteiger partial charge in [-0.05, 0) is 49.2 Å². The molecule has 1 aliphatic heterocycles. The van der Waals surface area contributed by atoms with Crippen LogP contribution >= 0.6 is 0 Å². The molecule has 0 bridgehead atoms. The van der Waals surface area contributed by atoms with Crippen LogP contribution in [0.4, 0.5) is 13.2 Å². The summed E-state index contributed by atoms with van der Waals surface area (Å²) in [5.41, 5.74) is -0.292. The molecule has 1 saturated heterocycles. The Bertz CT molecular complexity index is 928. The van der Waals surface area contributed by atoms with Crippen molar-refractivity contribution in [2.75, 3.05) is 26.9 Å². The van der Waals surface area contributed by atoms with Crippen LogP contribution in [-0.2, 0) is 20.9 Å². The molecule has 1 heterocycles. The molecule has 5 nitrogen and oxygen atoms in total. The number of halogens is 3. The molecule has 0 radical (unpaired) electrons. The van der Waals surface area contributed by atoms with Crippen molar-refractivity contribution in [2.24, 2.45) is 0 Å². The van der Waals surface area contributed by atoms with E-state index in [-0.39, 0.29) is 6.73 Å². The normalized spacial score (nSPS) is 16.3. The van der Waals surface area contributed by atoms with Crippen LogP contribution in [0.25, 0.3) is 11.1 Å². The fraction of sp³-hybridized carbons (Fsp3) is 0.400. The molecular weight excluding hydrogens is 405 g/mol. The Morgan fingerprint density at radius 2 is 1.72 bits per heavy atom. The van der Waals surface area contributed by atoms with Crippen LogP contribution in [0, 0.1) is 0 Å². The predicted octanol–water partition coefficient (Wildman–Crippen LogP) is 3.72. The van der Waals surface area contributed by atoms with Gasteiger partial charge < -0.3 is 10.1 Å². The third-order valence-electron chi connectivity index (χ3n) is 4.95. The molecule has 0 aliphatic carbocycles. The average Bonchev–Trinajstić information content (AvgIpc) is 2.72. The largest absolute Gasteiger partial charge is 0.417 e. The van der Waals surface area contributed by atoms with Crippen molar-refractivity contribution >= 4 is 10.0 Å². The van der Waals surface area contributed by atoms with E-state index in [1.807, 2.05) is 0 Å². The quantitative estimate of drug-likeness (QED) is 0.713. The van der Waals surface area contributed by atoms with E-state index in [1.165, 1.54) is 13.2 Å². The molecule has 2 aromatic carbocycles. The Morgan fingerprint density at radius 3 is 2.31 bits per heavy atom. The van der Waals surface area contributed by atoms with E-state index >= 15 is 0 Å². The van der Waals surface area contributed by atoms with E-state index in [2.05, 4.69) is 5.32 Å². The summed E-state index contributed by atoms with van der Waals surface area (Å²) < 4.78 is 74.1. The Morgan fingerprint density at radius 1 is 1.07 bits per heavy atom. The molecule has 3 rings (SSSR count). The molecule has 29 heavy (non-hydrogen) atoms. The maximum Gasteiger partial charge on any atom is 0.417 e. The zero-order valence-electron chi connectivity index (χ0n) is 15.9. The van der Waals surface area contributed by atoms with Gasteiger partial charge in [0.25, 0.3) is 0 Å². The number of sulfonamides is 1. The van der Waals surface area contributed by atoms with E-state index in [9.17, 15) is 21.6 Å². The Kier molecular flexibility index (Phi) is 6.62. The van der Waals surface area contributed by atoms with Crippen molar-refractivity contribution in [3.63, 3.8) is 0 Å². The van der Waals surface area contributed by atoms with Gasteiger partial charge in [0.1, 0.15) is 6.73 Å². The number of hydrogen-bond donors (Lipinski definition) is 1. The summed E-state index contributed by atoms with van der Waals surface area (Å²) in [6.07, 6.45) is -3.81. The maximum atomic E-state index is 13.8. The molecule has 9 heteroatoms. The van der Waals surface area contributed by atoms with Gasteiger partial charge in [-0.15, -0.1) is 0 Å². The number of piperidine rings is 1. The van der Waals surface area contributed by atoms with E-state index < -0.39 is 32.7 Å². The van der Waals surface area contributed by atoms with Gasteiger partial charge >= 0.3 is 6.18 Å². The molecule has 1 aliphatic rings. The van der Waals surface area contributed by atoms with E-state index in [0.29, 0.717) is 37.1 Å². The number of nitrogens with zero attached hydrogens (tertiary/aromatic N) is 1. The predicted molar refractivity (Wildman–Crippen MR) is 104 cm³/mol. The first kappa shape index (κ1) is 21.8. The molecule has 1 fully saturated rings. The van der Waals surface area contributed by atoms with Crippen LogP contribution in [-0.4, -0.2) is 45.7 Å². The van der Waals surface area contributed by atoms with Crippen LogP contribution < -0.4 is 5.32 Å². The Labute approximate surface area is 168 Å². The van der Waals surface area contributed by atoms with Crippen LogP contribution in [0.15, 0.2) is 53.4 Å². The molecule has 1 N–H and O–H groups in total. The summed E-state index contributed by atoms with van der Waals surface area (Å²) in [7, 11) is -3.09. The minimum Gasteiger partial charge on any atom is -0.368 e. The Balaban J connectivity index is 2.09. The molecular formula is C20H23F3N2O3S.